The summed E-state index contributed by atoms with van der Waals surface area (Å²) in [5, 5.41) is 0. The van der Waals surface area contributed by atoms with Crippen LogP contribution in [0.1, 0.15) is 6.42 Å². The summed E-state index contributed by atoms with van der Waals surface area (Å²) >= 11 is 0. The SMILES string of the molecule is NCC1CCN(c2ccccc2N)C1. The van der Waals surface area contributed by atoms with Crippen LogP contribution in [0.4, 0.5) is 11.4 Å². The van der Waals surface area contributed by atoms with Crippen LogP contribution in [0.5, 0.6) is 0 Å². The fourth-order valence-corrected chi connectivity index (χ4v) is 2.02. The van der Waals surface area contributed by atoms with Gasteiger partial charge in [-0.25, -0.2) is 0 Å². The Balaban J connectivity index is 2.13. The van der Waals surface area contributed by atoms with Crippen LogP contribution in [-0.2, 0) is 0 Å². The van der Waals surface area contributed by atoms with E-state index in [4.69, 9.17) is 11.5 Å². The van der Waals surface area contributed by atoms with E-state index in [-0.39, 0.29) is 0 Å². The molecule has 1 aliphatic rings. The third kappa shape index (κ3) is 1.68. The molecule has 0 aromatic heterocycles. The monoisotopic (exact) mass is 191 g/mol. The molecule has 1 saturated heterocycles. The summed E-state index contributed by atoms with van der Waals surface area (Å²) in [5.41, 5.74) is 13.6. The molecular formula is C11H17N3. The number of benzene rings is 1. The van der Waals surface area contributed by atoms with Crippen LogP contribution in [0.15, 0.2) is 24.3 Å². The number of hydrogen-bond acceptors (Lipinski definition) is 3. The molecule has 1 aliphatic heterocycles. The first-order chi connectivity index (χ1) is 6.81. The first-order valence-corrected chi connectivity index (χ1v) is 5.11. The lowest BCUT2D eigenvalue weighted by Gasteiger charge is -2.20. The summed E-state index contributed by atoms with van der Waals surface area (Å²) in [5.74, 6) is 0.634. The quantitative estimate of drug-likeness (QED) is 0.687. The van der Waals surface area contributed by atoms with Crippen molar-refractivity contribution >= 4 is 11.4 Å². The minimum Gasteiger partial charge on any atom is -0.397 e. The van der Waals surface area contributed by atoms with Crippen molar-refractivity contribution in [1.29, 1.82) is 0 Å². The van der Waals surface area contributed by atoms with E-state index in [0.717, 1.165) is 31.0 Å². The second-order valence-electron chi connectivity index (χ2n) is 3.90. The summed E-state index contributed by atoms with van der Waals surface area (Å²) in [6.45, 7) is 2.91. The number of rotatable bonds is 2. The zero-order valence-electron chi connectivity index (χ0n) is 8.32. The molecule has 1 aromatic rings. The first-order valence-electron chi connectivity index (χ1n) is 5.11. The van der Waals surface area contributed by atoms with Gasteiger partial charge in [-0.3, -0.25) is 0 Å². The van der Waals surface area contributed by atoms with Gasteiger partial charge in [0.1, 0.15) is 0 Å². The van der Waals surface area contributed by atoms with Crippen LogP contribution in [-0.4, -0.2) is 19.6 Å². The Bertz CT molecular complexity index is 311. The summed E-state index contributed by atoms with van der Waals surface area (Å²) in [6, 6.07) is 8.02. The maximum atomic E-state index is 5.91. The molecule has 1 unspecified atom stereocenters. The van der Waals surface area contributed by atoms with Crippen molar-refractivity contribution in [1.82, 2.24) is 0 Å². The molecule has 0 radical (unpaired) electrons. The van der Waals surface area contributed by atoms with E-state index in [2.05, 4.69) is 11.0 Å². The molecule has 2 rings (SSSR count). The smallest absolute Gasteiger partial charge is 0.0600 e. The van der Waals surface area contributed by atoms with Crippen LogP contribution in [0.3, 0.4) is 0 Å². The third-order valence-electron chi connectivity index (χ3n) is 2.90. The van der Waals surface area contributed by atoms with Gasteiger partial charge in [0.15, 0.2) is 0 Å². The number of hydrogen-bond donors (Lipinski definition) is 2. The van der Waals surface area contributed by atoms with Gasteiger partial charge >= 0.3 is 0 Å². The van der Waals surface area contributed by atoms with Crippen molar-refractivity contribution in [2.75, 3.05) is 30.3 Å². The van der Waals surface area contributed by atoms with E-state index in [1.54, 1.807) is 0 Å². The Morgan fingerprint density at radius 1 is 1.36 bits per heavy atom. The number of nitrogens with zero attached hydrogens (tertiary/aromatic N) is 1. The molecule has 0 aliphatic carbocycles. The van der Waals surface area contributed by atoms with E-state index in [1.807, 2.05) is 18.2 Å². The summed E-state index contributed by atoms with van der Waals surface area (Å²) in [6.07, 6.45) is 1.19. The fourth-order valence-electron chi connectivity index (χ4n) is 2.02. The van der Waals surface area contributed by atoms with Crippen LogP contribution in [0, 0.1) is 5.92 Å². The average molecular weight is 191 g/mol. The fraction of sp³-hybridized carbons (Fsp3) is 0.455. The largest absolute Gasteiger partial charge is 0.397 e. The molecule has 14 heavy (non-hydrogen) atoms. The van der Waals surface area contributed by atoms with E-state index < -0.39 is 0 Å². The highest BCUT2D eigenvalue weighted by Crippen LogP contribution is 2.27. The molecule has 3 nitrogen and oxygen atoms in total. The van der Waals surface area contributed by atoms with Gasteiger partial charge in [0.25, 0.3) is 0 Å². The maximum absolute atomic E-state index is 5.91. The van der Waals surface area contributed by atoms with Gasteiger partial charge in [-0.1, -0.05) is 12.1 Å². The Morgan fingerprint density at radius 2 is 2.14 bits per heavy atom. The van der Waals surface area contributed by atoms with E-state index in [1.165, 1.54) is 6.42 Å². The summed E-state index contributed by atoms with van der Waals surface area (Å²) in [4.78, 5) is 2.33. The van der Waals surface area contributed by atoms with Crippen LogP contribution < -0.4 is 16.4 Å². The molecule has 1 aromatic carbocycles. The molecule has 4 N–H and O–H groups in total. The lowest BCUT2D eigenvalue weighted by atomic mass is 10.1. The highest BCUT2D eigenvalue weighted by molar-refractivity contribution is 5.67. The second kappa shape index (κ2) is 3.88. The van der Waals surface area contributed by atoms with Crippen molar-refractivity contribution in [3.05, 3.63) is 24.3 Å². The summed E-state index contributed by atoms with van der Waals surface area (Å²) in [7, 11) is 0. The van der Waals surface area contributed by atoms with Gasteiger partial charge in [0.05, 0.1) is 11.4 Å². The van der Waals surface area contributed by atoms with Gasteiger partial charge in [-0.05, 0) is 31.0 Å². The number of nitrogen functional groups attached to an aromatic ring is 1. The van der Waals surface area contributed by atoms with Gasteiger partial charge in [-0.2, -0.15) is 0 Å². The minimum atomic E-state index is 0.634. The molecule has 1 fully saturated rings. The van der Waals surface area contributed by atoms with Crippen LogP contribution >= 0.6 is 0 Å². The molecule has 0 bridgehead atoms. The van der Waals surface area contributed by atoms with Gasteiger partial charge in [-0.15, -0.1) is 0 Å². The molecule has 0 amide bonds. The molecule has 76 valence electrons. The van der Waals surface area contributed by atoms with Crippen molar-refractivity contribution in [2.45, 2.75) is 6.42 Å². The van der Waals surface area contributed by atoms with Gasteiger partial charge in [0.2, 0.25) is 0 Å². The normalized spacial score (nSPS) is 21.5. The molecule has 0 saturated carbocycles. The minimum absolute atomic E-state index is 0.634. The molecule has 1 atom stereocenters. The van der Waals surface area contributed by atoms with Gasteiger partial charge < -0.3 is 16.4 Å². The average Bonchev–Trinajstić information content (AvgIpc) is 2.67. The lowest BCUT2D eigenvalue weighted by Crippen LogP contribution is -2.23. The predicted octanol–water partition coefficient (Wildman–Crippen LogP) is 1.05. The highest BCUT2D eigenvalue weighted by atomic mass is 15.2. The standard InChI is InChI=1S/C11H17N3/c12-7-9-5-6-14(8-9)11-4-2-1-3-10(11)13/h1-4,9H,5-8,12-13H2. The Morgan fingerprint density at radius 3 is 2.79 bits per heavy atom. The maximum Gasteiger partial charge on any atom is 0.0600 e. The number of para-hydroxylation sites is 2. The molecule has 1 heterocycles. The third-order valence-corrected chi connectivity index (χ3v) is 2.90. The Hall–Kier alpha value is -1.22. The van der Waals surface area contributed by atoms with E-state index in [9.17, 15) is 0 Å². The number of nitrogens with two attached hydrogens (primary N) is 2. The molecule has 3 heteroatoms. The predicted molar refractivity (Wildman–Crippen MR) is 60.2 cm³/mol. The first kappa shape index (κ1) is 9.34. The zero-order valence-corrected chi connectivity index (χ0v) is 8.32. The number of anilines is 2. The van der Waals surface area contributed by atoms with Crippen molar-refractivity contribution in [3.63, 3.8) is 0 Å². The Labute approximate surface area is 84.7 Å². The van der Waals surface area contributed by atoms with Crippen molar-refractivity contribution in [3.8, 4) is 0 Å². The molecular weight excluding hydrogens is 174 g/mol. The van der Waals surface area contributed by atoms with E-state index in [0.29, 0.717) is 5.92 Å². The van der Waals surface area contributed by atoms with Crippen molar-refractivity contribution in [2.24, 2.45) is 11.7 Å². The zero-order chi connectivity index (χ0) is 9.97. The highest BCUT2D eigenvalue weighted by Gasteiger charge is 2.22. The van der Waals surface area contributed by atoms with Crippen molar-refractivity contribution < 1.29 is 0 Å². The second-order valence-corrected chi connectivity index (χ2v) is 3.90. The lowest BCUT2D eigenvalue weighted by molar-refractivity contribution is 0.603. The Kier molecular flexibility index (Phi) is 2.59. The molecule has 0 spiro atoms. The van der Waals surface area contributed by atoms with E-state index >= 15 is 0 Å². The summed E-state index contributed by atoms with van der Waals surface area (Å²) < 4.78 is 0. The van der Waals surface area contributed by atoms with Gasteiger partial charge in [0, 0.05) is 13.1 Å². The van der Waals surface area contributed by atoms with Crippen LogP contribution in [0.25, 0.3) is 0 Å². The van der Waals surface area contributed by atoms with Crippen LogP contribution in [0.2, 0.25) is 0 Å². The topological polar surface area (TPSA) is 55.3 Å².